The van der Waals surface area contributed by atoms with Crippen LogP contribution in [0.25, 0.3) is 0 Å². The summed E-state index contributed by atoms with van der Waals surface area (Å²) in [4.78, 5) is 2.60. The Labute approximate surface area is 124 Å². The third kappa shape index (κ3) is 4.32. The molecule has 1 unspecified atom stereocenters. The van der Waals surface area contributed by atoms with Gasteiger partial charge in [-0.3, -0.25) is 0 Å². The molecule has 112 valence electrons. The Morgan fingerprint density at radius 1 is 1.25 bits per heavy atom. The Morgan fingerprint density at radius 3 is 2.60 bits per heavy atom. The molecule has 1 aromatic carbocycles. The van der Waals surface area contributed by atoms with Crippen LogP contribution >= 0.6 is 0 Å². The highest BCUT2D eigenvalue weighted by Crippen LogP contribution is 2.19. The van der Waals surface area contributed by atoms with Crippen molar-refractivity contribution in [3.63, 3.8) is 0 Å². The van der Waals surface area contributed by atoms with Gasteiger partial charge in [0.15, 0.2) is 0 Å². The maximum atomic E-state index is 3.68. The van der Waals surface area contributed by atoms with Crippen molar-refractivity contribution in [2.24, 2.45) is 5.92 Å². The van der Waals surface area contributed by atoms with Crippen molar-refractivity contribution in [3.8, 4) is 0 Å². The quantitative estimate of drug-likeness (QED) is 0.881. The van der Waals surface area contributed by atoms with E-state index in [2.05, 4.69) is 56.1 Å². The summed E-state index contributed by atoms with van der Waals surface area (Å²) in [5.41, 5.74) is 4.18. The molecule has 1 N–H and O–H groups in total. The predicted molar refractivity (Wildman–Crippen MR) is 87.2 cm³/mol. The van der Waals surface area contributed by atoms with Crippen LogP contribution in [0.5, 0.6) is 0 Å². The van der Waals surface area contributed by atoms with Crippen LogP contribution in [0.2, 0.25) is 0 Å². The van der Waals surface area contributed by atoms with Crippen LogP contribution in [-0.2, 0) is 0 Å². The van der Waals surface area contributed by atoms with Crippen LogP contribution in [0, 0.1) is 19.8 Å². The first-order valence-electron chi connectivity index (χ1n) is 8.09. The van der Waals surface area contributed by atoms with E-state index < -0.39 is 0 Å². The summed E-state index contributed by atoms with van der Waals surface area (Å²) >= 11 is 0. The molecule has 0 amide bonds. The topological polar surface area (TPSA) is 15.3 Å². The molecule has 2 nitrogen and oxygen atoms in total. The molecule has 0 saturated carbocycles. The second-order valence-corrected chi connectivity index (χ2v) is 6.56. The summed E-state index contributed by atoms with van der Waals surface area (Å²) in [5, 5.41) is 3.68. The van der Waals surface area contributed by atoms with Gasteiger partial charge in [0.05, 0.1) is 0 Å². The van der Waals surface area contributed by atoms with Crippen molar-refractivity contribution in [2.45, 2.75) is 46.6 Å². The van der Waals surface area contributed by atoms with Gasteiger partial charge in [-0.2, -0.15) is 0 Å². The number of benzene rings is 1. The molecule has 1 fully saturated rings. The summed E-state index contributed by atoms with van der Waals surface area (Å²) in [6.45, 7) is 13.8. The third-order valence-corrected chi connectivity index (χ3v) is 4.65. The Hall–Kier alpha value is -0.860. The lowest BCUT2D eigenvalue weighted by atomic mass is 9.99. The van der Waals surface area contributed by atoms with Gasteiger partial charge in [-0.15, -0.1) is 0 Å². The van der Waals surface area contributed by atoms with E-state index in [1.54, 1.807) is 0 Å². The average molecular weight is 274 g/mol. The lowest BCUT2D eigenvalue weighted by Gasteiger charge is -2.30. The molecule has 2 heteroatoms. The second kappa shape index (κ2) is 7.24. The Balaban J connectivity index is 1.76. The first-order valence-corrected chi connectivity index (χ1v) is 8.09. The lowest BCUT2D eigenvalue weighted by Crippen LogP contribution is -2.38. The van der Waals surface area contributed by atoms with Gasteiger partial charge in [-0.25, -0.2) is 0 Å². The predicted octanol–water partition coefficient (Wildman–Crippen LogP) is 3.69. The molecular weight excluding hydrogens is 244 g/mol. The normalized spacial score (nSPS) is 19.2. The van der Waals surface area contributed by atoms with Gasteiger partial charge in [0.1, 0.15) is 0 Å². The van der Waals surface area contributed by atoms with E-state index in [1.165, 1.54) is 49.2 Å². The van der Waals surface area contributed by atoms with Crippen molar-refractivity contribution in [1.82, 2.24) is 10.2 Å². The van der Waals surface area contributed by atoms with Crippen molar-refractivity contribution in [3.05, 3.63) is 34.9 Å². The third-order valence-electron chi connectivity index (χ3n) is 4.65. The molecular formula is C18H30N2. The molecule has 2 rings (SSSR count). The molecule has 1 heterocycles. The fourth-order valence-electron chi connectivity index (χ4n) is 3.15. The number of nitrogens with zero attached hydrogens (tertiary/aromatic N) is 1. The van der Waals surface area contributed by atoms with Crippen LogP contribution in [0.15, 0.2) is 18.2 Å². The van der Waals surface area contributed by atoms with E-state index in [1.807, 2.05) is 0 Å². The van der Waals surface area contributed by atoms with Crippen LogP contribution in [-0.4, -0.2) is 31.1 Å². The molecule has 0 aliphatic carbocycles. The molecule has 0 bridgehead atoms. The lowest BCUT2D eigenvalue weighted by molar-refractivity contribution is 0.191. The zero-order valence-corrected chi connectivity index (χ0v) is 13.6. The molecule has 1 aromatic rings. The summed E-state index contributed by atoms with van der Waals surface area (Å²) in [6.07, 6.45) is 2.74. The maximum Gasteiger partial charge on any atom is 0.0294 e. The van der Waals surface area contributed by atoms with Gasteiger partial charge in [-0.1, -0.05) is 30.7 Å². The number of nitrogens with one attached hydrogen (secondary N) is 1. The summed E-state index contributed by atoms with van der Waals surface area (Å²) in [7, 11) is 0. The fraction of sp³-hybridized carbons (Fsp3) is 0.667. The van der Waals surface area contributed by atoms with E-state index in [-0.39, 0.29) is 0 Å². The Morgan fingerprint density at radius 2 is 1.95 bits per heavy atom. The first-order chi connectivity index (χ1) is 9.56. The monoisotopic (exact) mass is 274 g/mol. The molecule has 0 radical (unpaired) electrons. The highest BCUT2D eigenvalue weighted by Gasteiger charge is 2.15. The van der Waals surface area contributed by atoms with Crippen molar-refractivity contribution < 1.29 is 0 Å². The van der Waals surface area contributed by atoms with E-state index in [4.69, 9.17) is 0 Å². The minimum absolute atomic E-state index is 0.444. The number of hydrogen-bond acceptors (Lipinski definition) is 2. The van der Waals surface area contributed by atoms with Crippen LogP contribution in [0.3, 0.4) is 0 Å². The van der Waals surface area contributed by atoms with Crippen LogP contribution in [0.4, 0.5) is 0 Å². The molecule has 0 aromatic heterocycles. The van der Waals surface area contributed by atoms with Gasteiger partial charge in [0.25, 0.3) is 0 Å². The summed E-state index contributed by atoms with van der Waals surface area (Å²) in [5.74, 6) is 0.924. The van der Waals surface area contributed by atoms with Crippen LogP contribution in [0.1, 0.15) is 49.4 Å². The van der Waals surface area contributed by atoms with Gasteiger partial charge in [0.2, 0.25) is 0 Å². The second-order valence-electron chi connectivity index (χ2n) is 6.56. The number of rotatable bonds is 5. The smallest absolute Gasteiger partial charge is 0.0294 e. The average Bonchev–Trinajstić information content (AvgIpc) is 2.41. The van der Waals surface area contributed by atoms with Gasteiger partial charge >= 0.3 is 0 Å². The van der Waals surface area contributed by atoms with Crippen molar-refractivity contribution >= 4 is 0 Å². The fourth-order valence-corrected chi connectivity index (χ4v) is 3.15. The summed E-state index contributed by atoms with van der Waals surface area (Å²) in [6, 6.07) is 7.20. The van der Waals surface area contributed by atoms with Gasteiger partial charge in [-0.05, 0) is 63.7 Å². The zero-order chi connectivity index (χ0) is 14.5. The Kier molecular flexibility index (Phi) is 5.62. The standard InChI is InChI=1S/C18H30N2/c1-14-7-10-20(11-8-14)12-9-19-17(4)18-6-5-15(2)13-16(18)3/h5-6,13-14,17,19H,7-12H2,1-4H3. The van der Waals surface area contributed by atoms with Gasteiger partial charge in [0, 0.05) is 19.1 Å². The molecule has 1 atom stereocenters. The highest BCUT2D eigenvalue weighted by molar-refractivity contribution is 5.32. The number of likely N-dealkylation sites (tertiary alicyclic amines) is 1. The SMILES string of the molecule is Cc1ccc(C(C)NCCN2CCC(C)CC2)c(C)c1. The van der Waals surface area contributed by atoms with Crippen molar-refractivity contribution in [2.75, 3.05) is 26.2 Å². The molecule has 0 spiro atoms. The summed E-state index contributed by atoms with van der Waals surface area (Å²) < 4.78 is 0. The first kappa shape index (κ1) is 15.5. The Bertz CT molecular complexity index is 419. The largest absolute Gasteiger partial charge is 0.309 e. The van der Waals surface area contributed by atoms with Crippen LogP contribution < -0.4 is 5.32 Å². The maximum absolute atomic E-state index is 3.68. The molecule has 20 heavy (non-hydrogen) atoms. The van der Waals surface area contributed by atoms with E-state index >= 15 is 0 Å². The minimum atomic E-state index is 0.444. The van der Waals surface area contributed by atoms with E-state index in [0.717, 1.165) is 12.5 Å². The van der Waals surface area contributed by atoms with Crippen molar-refractivity contribution in [1.29, 1.82) is 0 Å². The number of hydrogen-bond donors (Lipinski definition) is 1. The highest BCUT2D eigenvalue weighted by atomic mass is 15.1. The van der Waals surface area contributed by atoms with E-state index in [9.17, 15) is 0 Å². The van der Waals surface area contributed by atoms with Gasteiger partial charge < -0.3 is 10.2 Å². The number of piperidine rings is 1. The molecule has 1 aliphatic heterocycles. The molecule has 1 saturated heterocycles. The zero-order valence-electron chi connectivity index (χ0n) is 13.6. The molecule has 1 aliphatic rings. The van der Waals surface area contributed by atoms with E-state index in [0.29, 0.717) is 6.04 Å². The minimum Gasteiger partial charge on any atom is -0.309 e. The number of aryl methyl sites for hydroxylation is 2.